The van der Waals surface area contributed by atoms with Crippen molar-refractivity contribution >= 4 is 0 Å². The maximum Gasteiger partial charge on any atom is 1.00 e. The molecule has 0 spiro atoms. The summed E-state index contributed by atoms with van der Waals surface area (Å²) in [6.45, 7) is 2.38. The Morgan fingerprint density at radius 3 is 2.65 bits per heavy atom. The maximum atomic E-state index is 5.40. The van der Waals surface area contributed by atoms with Crippen molar-refractivity contribution < 1.29 is 33.1 Å². The van der Waals surface area contributed by atoms with Gasteiger partial charge in [-0.2, -0.15) is 12.1 Å². The van der Waals surface area contributed by atoms with Crippen molar-refractivity contribution in [1.29, 1.82) is 0 Å². The summed E-state index contributed by atoms with van der Waals surface area (Å²) in [6.07, 6.45) is 3.30. The van der Waals surface area contributed by atoms with E-state index < -0.39 is 0 Å². The fourth-order valence-corrected chi connectivity index (χ4v) is 1.52. The van der Waals surface area contributed by atoms with Gasteiger partial charge in [0, 0.05) is 7.11 Å². The quantitative estimate of drug-likeness (QED) is 0.369. The normalized spacial score (nSPS) is 9.59. The fourth-order valence-electron chi connectivity index (χ4n) is 1.52. The van der Waals surface area contributed by atoms with E-state index in [1.807, 2.05) is 12.1 Å². The zero-order chi connectivity index (χ0) is 11.8. The number of aryl methyl sites for hydroxylation is 1. The number of rotatable bonds is 7. The molecule has 0 fully saturated rings. The second-order valence-corrected chi connectivity index (χ2v) is 3.52. The first kappa shape index (κ1) is 16.4. The van der Waals surface area contributed by atoms with Gasteiger partial charge in [-0.25, -0.2) is 0 Å². The summed E-state index contributed by atoms with van der Waals surface area (Å²) < 4.78 is 15.6. The number of benzene rings is 1. The Hall–Kier alpha value is -0.623. The van der Waals surface area contributed by atoms with E-state index >= 15 is 0 Å². The first-order chi connectivity index (χ1) is 7.83. The summed E-state index contributed by atoms with van der Waals surface area (Å²) >= 11 is 0. The van der Waals surface area contributed by atoms with Crippen LogP contribution >= 0.6 is 0 Å². The Kier molecular flexibility index (Phi) is 9.07. The van der Waals surface area contributed by atoms with Gasteiger partial charge in [0.05, 0.1) is 18.6 Å². The van der Waals surface area contributed by atoms with Crippen LogP contribution in [0.2, 0.25) is 0 Å². The van der Waals surface area contributed by atoms with E-state index in [-0.39, 0.29) is 25.7 Å². The summed E-state index contributed by atoms with van der Waals surface area (Å²) in [4.78, 5) is 0. The summed E-state index contributed by atoms with van der Waals surface area (Å²) in [7, 11) is 3.24. The molecule has 0 aliphatic rings. The van der Waals surface area contributed by atoms with E-state index in [2.05, 4.69) is 13.0 Å². The van der Waals surface area contributed by atoms with Crippen LogP contribution < -0.4 is 28.3 Å². The molecular formula is C13H19LiO3. The minimum atomic E-state index is 0. The second-order valence-electron chi connectivity index (χ2n) is 3.52. The minimum absolute atomic E-state index is 0. The van der Waals surface area contributed by atoms with Gasteiger partial charge in [-0.1, -0.05) is 19.8 Å². The van der Waals surface area contributed by atoms with Gasteiger partial charge in [0.1, 0.15) is 0 Å². The molecule has 0 saturated carbocycles. The van der Waals surface area contributed by atoms with E-state index in [1.54, 1.807) is 14.2 Å². The molecule has 0 atom stereocenters. The zero-order valence-electron chi connectivity index (χ0n) is 11.2. The number of unbranched alkanes of at least 4 members (excludes halogenated alkanes) is 1. The molecule has 0 aliphatic carbocycles. The third-order valence-corrected chi connectivity index (χ3v) is 2.32. The molecule has 1 aromatic carbocycles. The predicted molar refractivity (Wildman–Crippen MR) is 62.9 cm³/mol. The molecule has 90 valence electrons. The molecule has 3 nitrogen and oxygen atoms in total. The van der Waals surface area contributed by atoms with Crippen LogP contribution in [0.4, 0.5) is 0 Å². The Bertz CT molecular complexity index is 289. The molecule has 0 radical (unpaired) electrons. The van der Waals surface area contributed by atoms with Crippen LogP contribution in [0.3, 0.4) is 0 Å². The Morgan fingerprint density at radius 1 is 1.29 bits per heavy atom. The van der Waals surface area contributed by atoms with E-state index in [4.69, 9.17) is 14.2 Å². The van der Waals surface area contributed by atoms with Crippen LogP contribution in [-0.4, -0.2) is 21.0 Å². The third-order valence-electron chi connectivity index (χ3n) is 2.32. The van der Waals surface area contributed by atoms with Crippen molar-refractivity contribution in [2.75, 3.05) is 21.0 Å². The van der Waals surface area contributed by atoms with Crippen molar-refractivity contribution in [2.24, 2.45) is 0 Å². The Labute approximate surface area is 116 Å². The van der Waals surface area contributed by atoms with Gasteiger partial charge in [0.15, 0.2) is 6.79 Å². The Balaban J connectivity index is 0.00000256. The number of ether oxygens (including phenoxy) is 3. The van der Waals surface area contributed by atoms with Crippen LogP contribution in [0.1, 0.15) is 25.3 Å². The minimum Gasteiger partial charge on any atom is -0.550 e. The molecule has 0 aliphatic heterocycles. The molecule has 4 heteroatoms. The molecule has 1 rings (SSSR count). The molecule has 0 aromatic heterocycles. The van der Waals surface area contributed by atoms with Gasteiger partial charge in [-0.3, -0.25) is 0 Å². The van der Waals surface area contributed by atoms with Crippen LogP contribution in [0.5, 0.6) is 11.5 Å². The van der Waals surface area contributed by atoms with E-state index in [1.165, 1.54) is 0 Å². The summed E-state index contributed by atoms with van der Waals surface area (Å²) in [6, 6.07) is 6.89. The number of methoxy groups -OCH3 is 2. The van der Waals surface area contributed by atoms with Gasteiger partial charge in [-0.15, -0.1) is 11.6 Å². The zero-order valence-corrected chi connectivity index (χ0v) is 11.2. The smallest absolute Gasteiger partial charge is 0.550 e. The van der Waals surface area contributed by atoms with E-state index in [0.29, 0.717) is 5.75 Å². The van der Waals surface area contributed by atoms with Gasteiger partial charge in [0.2, 0.25) is 0 Å². The van der Waals surface area contributed by atoms with Crippen LogP contribution in [0.25, 0.3) is 0 Å². The summed E-state index contributed by atoms with van der Waals surface area (Å²) in [5.41, 5.74) is 1.16. The number of hydrogen-bond acceptors (Lipinski definition) is 3. The first-order valence-electron chi connectivity index (χ1n) is 5.52. The monoisotopic (exact) mass is 230 g/mol. The van der Waals surface area contributed by atoms with Crippen molar-refractivity contribution in [3.05, 3.63) is 23.8 Å². The van der Waals surface area contributed by atoms with Crippen molar-refractivity contribution in [3.8, 4) is 11.5 Å². The van der Waals surface area contributed by atoms with Crippen LogP contribution in [0, 0.1) is 6.07 Å². The van der Waals surface area contributed by atoms with Gasteiger partial charge in [-0.05, 0) is 6.42 Å². The van der Waals surface area contributed by atoms with Crippen LogP contribution in [0.15, 0.2) is 12.1 Å². The van der Waals surface area contributed by atoms with Crippen molar-refractivity contribution in [3.63, 3.8) is 0 Å². The molecule has 0 bridgehead atoms. The standard InChI is InChI=1S/C13H19O3.Li/c1-4-5-7-11-8-6-9-12(13(11)15-3)16-10-14-2;/h6,8H,4-5,7,10H2,1-3H3;/q-1;+1. The molecular weight excluding hydrogens is 211 g/mol. The van der Waals surface area contributed by atoms with Crippen LogP contribution in [-0.2, 0) is 11.2 Å². The predicted octanol–water partition coefficient (Wildman–Crippen LogP) is -0.175. The molecule has 0 heterocycles. The summed E-state index contributed by atoms with van der Waals surface area (Å²) in [5.74, 6) is 1.39. The van der Waals surface area contributed by atoms with E-state index in [0.717, 1.165) is 30.6 Å². The average molecular weight is 230 g/mol. The molecule has 1 aromatic rings. The maximum absolute atomic E-state index is 5.40. The molecule has 0 saturated heterocycles. The van der Waals surface area contributed by atoms with Crippen molar-refractivity contribution in [1.82, 2.24) is 0 Å². The second kappa shape index (κ2) is 9.41. The molecule has 0 N–H and O–H groups in total. The van der Waals surface area contributed by atoms with Gasteiger partial charge < -0.3 is 14.2 Å². The number of hydrogen-bond donors (Lipinski definition) is 0. The van der Waals surface area contributed by atoms with Gasteiger partial charge in [0.25, 0.3) is 0 Å². The third kappa shape index (κ3) is 5.04. The van der Waals surface area contributed by atoms with E-state index in [9.17, 15) is 0 Å². The SMILES string of the molecule is CCCCc1cc[c-]c(OCOC)c1OC.[Li+]. The van der Waals surface area contributed by atoms with Crippen molar-refractivity contribution in [2.45, 2.75) is 26.2 Å². The van der Waals surface area contributed by atoms with Gasteiger partial charge >= 0.3 is 18.9 Å². The Morgan fingerprint density at radius 2 is 2.06 bits per heavy atom. The first-order valence-corrected chi connectivity index (χ1v) is 5.52. The molecule has 0 unspecified atom stereocenters. The average Bonchev–Trinajstić information content (AvgIpc) is 2.33. The molecule has 0 amide bonds. The topological polar surface area (TPSA) is 27.7 Å². The molecule has 17 heavy (non-hydrogen) atoms. The fraction of sp³-hybridized carbons (Fsp3) is 0.538. The summed E-state index contributed by atoms with van der Waals surface area (Å²) in [5, 5.41) is 0. The largest absolute Gasteiger partial charge is 1.00 e.